The lowest BCUT2D eigenvalue weighted by Gasteiger charge is -2.25. The summed E-state index contributed by atoms with van der Waals surface area (Å²) in [6.45, 7) is 2.00. The SMILES string of the molecule is COc1cccc([C@@H]2C(C(=O)Nc3ccccc3)=C(C)N=c3s/c(=C\c4ccc(OCc5ccc(Cl)cc5Cl)c(OC)c4)c(=O)n32)c1. The molecule has 11 heteroatoms. The van der Waals surface area contributed by atoms with Gasteiger partial charge < -0.3 is 19.5 Å². The highest BCUT2D eigenvalue weighted by Crippen LogP contribution is 2.33. The summed E-state index contributed by atoms with van der Waals surface area (Å²) in [4.78, 5) is 33.2. The van der Waals surface area contributed by atoms with Crippen LogP contribution in [0.2, 0.25) is 10.0 Å². The average molecular weight is 687 g/mol. The van der Waals surface area contributed by atoms with Crippen molar-refractivity contribution in [2.45, 2.75) is 19.6 Å². The summed E-state index contributed by atoms with van der Waals surface area (Å²) >= 11 is 13.6. The van der Waals surface area contributed by atoms with Gasteiger partial charge in [0.2, 0.25) is 0 Å². The number of halogens is 2. The van der Waals surface area contributed by atoms with Crippen LogP contribution in [0.15, 0.2) is 112 Å². The molecule has 0 unspecified atom stereocenters. The molecule has 6 rings (SSSR count). The van der Waals surface area contributed by atoms with Crippen LogP contribution in [0.25, 0.3) is 6.08 Å². The molecule has 238 valence electrons. The van der Waals surface area contributed by atoms with E-state index in [0.29, 0.717) is 59.1 Å². The van der Waals surface area contributed by atoms with Gasteiger partial charge in [0.05, 0.1) is 36.1 Å². The van der Waals surface area contributed by atoms with Crippen LogP contribution >= 0.6 is 34.5 Å². The fourth-order valence-electron chi connectivity index (χ4n) is 5.30. The first-order chi connectivity index (χ1) is 22.7. The number of carbonyl (C=O) groups excluding carboxylic acids is 1. The Hall–Kier alpha value is -4.83. The predicted octanol–water partition coefficient (Wildman–Crippen LogP) is 6.78. The van der Waals surface area contributed by atoms with Gasteiger partial charge in [-0.2, -0.15) is 0 Å². The minimum atomic E-state index is -0.739. The molecule has 5 aromatic rings. The van der Waals surface area contributed by atoms with E-state index in [4.69, 9.17) is 42.4 Å². The maximum absolute atomic E-state index is 14.1. The summed E-state index contributed by atoms with van der Waals surface area (Å²) in [6.07, 6.45) is 1.78. The fraction of sp³-hybridized carbons (Fsp3) is 0.139. The number of ether oxygens (including phenoxy) is 3. The van der Waals surface area contributed by atoms with Crippen molar-refractivity contribution in [2.24, 2.45) is 4.99 Å². The molecule has 2 heterocycles. The van der Waals surface area contributed by atoms with Gasteiger partial charge >= 0.3 is 0 Å². The topological polar surface area (TPSA) is 91.2 Å². The van der Waals surface area contributed by atoms with Crippen molar-refractivity contribution in [1.82, 2.24) is 4.57 Å². The van der Waals surface area contributed by atoms with Crippen molar-refractivity contribution < 1.29 is 19.0 Å². The molecule has 1 atom stereocenters. The van der Waals surface area contributed by atoms with Crippen molar-refractivity contribution in [3.8, 4) is 17.2 Å². The lowest BCUT2D eigenvalue weighted by atomic mass is 9.95. The molecule has 1 amide bonds. The number of thiazole rings is 1. The van der Waals surface area contributed by atoms with Crippen LogP contribution in [0.3, 0.4) is 0 Å². The van der Waals surface area contributed by atoms with Gasteiger partial charge in [0.1, 0.15) is 12.4 Å². The maximum atomic E-state index is 14.1. The summed E-state index contributed by atoms with van der Waals surface area (Å²) in [7, 11) is 3.13. The van der Waals surface area contributed by atoms with E-state index in [2.05, 4.69) is 5.32 Å². The Morgan fingerprint density at radius 1 is 0.957 bits per heavy atom. The van der Waals surface area contributed by atoms with E-state index >= 15 is 0 Å². The van der Waals surface area contributed by atoms with Gasteiger partial charge in [0.15, 0.2) is 16.3 Å². The monoisotopic (exact) mass is 685 g/mol. The Balaban J connectivity index is 1.38. The van der Waals surface area contributed by atoms with Gasteiger partial charge in [-0.15, -0.1) is 0 Å². The van der Waals surface area contributed by atoms with Gasteiger partial charge in [-0.3, -0.25) is 14.2 Å². The first-order valence-corrected chi connectivity index (χ1v) is 16.1. The van der Waals surface area contributed by atoms with Crippen LogP contribution in [-0.2, 0) is 11.4 Å². The van der Waals surface area contributed by atoms with E-state index in [1.165, 1.54) is 11.3 Å². The van der Waals surface area contributed by atoms with Gasteiger partial charge in [0.25, 0.3) is 11.5 Å². The molecule has 0 aliphatic carbocycles. The Bertz CT molecular complexity index is 2190. The molecule has 1 aliphatic heterocycles. The molecule has 1 N–H and O–H groups in total. The molecule has 0 bridgehead atoms. The highest BCUT2D eigenvalue weighted by Gasteiger charge is 2.32. The second kappa shape index (κ2) is 13.9. The molecule has 0 radical (unpaired) electrons. The second-order valence-corrected chi connectivity index (χ2v) is 12.5. The molecule has 4 aromatic carbocycles. The largest absolute Gasteiger partial charge is 0.497 e. The van der Waals surface area contributed by atoms with Gasteiger partial charge in [-0.25, -0.2) is 4.99 Å². The zero-order valence-electron chi connectivity index (χ0n) is 25.6. The summed E-state index contributed by atoms with van der Waals surface area (Å²) < 4.78 is 19.1. The third kappa shape index (κ3) is 6.83. The molecule has 0 saturated heterocycles. The third-order valence-corrected chi connectivity index (χ3v) is 9.16. The minimum Gasteiger partial charge on any atom is -0.497 e. The molecule has 0 saturated carbocycles. The molecule has 1 aromatic heterocycles. The number of anilines is 1. The van der Waals surface area contributed by atoms with Gasteiger partial charge in [-0.05, 0) is 72.7 Å². The average Bonchev–Trinajstić information content (AvgIpc) is 3.37. The van der Waals surface area contributed by atoms with E-state index in [9.17, 15) is 9.59 Å². The number of nitrogens with one attached hydrogen (secondary N) is 1. The lowest BCUT2D eigenvalue weighted by molar-refractivity contribution is -0.113. The van der Waals surface area contributed by atoms with E-state index in [-0.39, 0.29) is 18.1 Å². The zero-order valence-corrected chi connectivity index (χ0v) is 28.0. The van der Waals surface area contributed by atoms with Crippen molar-refractivity contribution in [2.75, 3.05) is 19.5 Å². The number of rotatable bonds is 9. The molecule has 0 fully saturated rings. The first kappa shape index (κ1) is 32.1. The first-order valence-electron chi connectivity index (χ1n) is 14.5. The van der Waals surface area contributed by atoms with Crippen LogP contribution in [0.4, 0.5) is 5.69 Å². The summed E-state index contributed by atoms with van der Waals surface area (Å²) in [5.41, 5.74) is 3.45. The third-order valence-electron chi connectivity index (χ3n) is 7.59. The zero-order chi connectivity index (χ0) is 33.1. The van der Waals surface area contributed by atoms with Crippen LogP contribution in [0, 0.1) is 0 Å². The van der Waals surface area contributed by atoms with Crippen LogP contribution < -0.4 is 34.4 Å². The van der Waals surface area contributed by atoms with E-state index in [1.54, 1.807) is 68.2 Å². The van der Waals surface area contributed by atoms with Crippen molar-refractivity contribution in [3.05, 3.63) is 149 Å². The molecule has 8 nitrogen and oxygen atoms in total. The van der Waals surface area contributed by atoms with E-state index in [1.807, 2.05) is 54.6 Å². The number of hydrogen-bond acceptors (Lipinski definition) is 7. The number of fused-ring (bicyclic) bond motifs is 1. The van der Waals surface area contributed by atoms with Crippen molar-refractivity contribution in [1.29, 1.82) is 0 Å². The summed E-state index contributed by atoms with van der Waals surface area (Å²) in [5.74, 6) is 1.26. The molecule has 0 spiro atoms. The smallest absolute Gasteiger partial charge is 0.271 e. The highest BCUT2D eigenvalue weighted by molar-refractivity contribution is 7.07. The fourth-order valence-corrected chi connectivity index (χ4v) is 6.81. The Morgan fingerprint density at radius 3 is 2.51 bits per heavy atom. The van der Waals surface area contributed by atoms with Crippen LogP contribution in [-0.4, -0.2) is 24.7 Å². The van der Waals surface area contributed by atoms with Crippen LogP contribution in [0.5, 0.6) is 17.2 Å². The Kier molecular flexibility index (Phi) is 9.49. The van der Waals surface area contributed by atoms with E-state index in [0.717, 1.165) is 11.1 Å². The second-order valence-electron chi connectivity index (χ2n) is 10.6. The van der Waals surface area contributed by atoms with Gasteiger partial charge in [-0.1, -0.05) is 77.0 Å². The number of carbonyl (C=O) groups is 1. The number of aromatic nitrogens is 1. The predicted molar refractivity (Wildman–Crippen MR) is 186 cm³/mol. The number of allylic oxidation sites excluding steroid dienone is 1. The number of hydrogen-bond donors (Lipinski definition) is 1. The standard InChI is InChI=1S/C36H29Cl2N3O5S/c1-21-32(34(42)40-26-9-5-4-6-10-26)33(23-8-7-11-27(18-23)44-2)41-35(43)31(47-36(41)39-21)17-22-12-15-29(30(16-22)45-3)46-20-24-13-14-25(37)19-28(24)38/h4-19,33H,20H2,1-3H3,(H,40,42)/b31-17-/t33-/m1/s1. The highest BCUT2D eigenvalue weighted by atomic mass is 35.5. The number of amides is 1. The summed E-state index contributed by atoms with van der Waals surface area (Å²) in [5, 5.41) is 4.01. The Labute approximate surface area is 284 Å². The molecule has 1 aliphatic rings. The van der Waals surface area contributed by atoms with Crippen LogP contribution in [0.1, 0.15) is 29.7 Å². The number of para-hydroxylation sites is 1. The van der Waals surface area contributed by atoms with Gasteiger partial charge in [0, 0.05) is 21.3 Å². The molecular weight excluding hydrogens is 657 g/mol. The quantitative estimate of drug-likeness (QED) is 0.185. The van der Waals surface area contributed by atoms with Crippen molar-refractivity contribution in [3.63, 3.8) is 0 Å². The molecule has 47 heavy (non-hydrogen) atoms. The van der Waals surface area contributed by atoms with E-state index < -0.39 is 6.04 Å². The minimum absolute atomic E-state index is 0.216. The number of nitrogens with zero attached hydrogens (tertiary/aromatic N) is 2. The Morgan fingerprint density at radius 2 is 1.77 bits per heavy atom. The molecular formula is C36H29Cl2N3O5S. The normalized spacial score (nSPS) is 14.3. The summed E-state index contributed by atoms with van der Waals surface area (Å²) in [6, 6.07) is 26.4. The lowest BCUT2D eigenvalue weighted by Crippen LogP contribution is -2.40. The number of methoxy groups -OCH3 is 2. The maximum Gasteiger partial charge on any atom is 0.271 e. The van der Waals surface area contributed by atoms with Crippen molar-refractivity contribution >= 4 is 52.2 Å². The number of benzene rings is 4.